The van der Waals surface area contributed by atoms with Crippen molar-refractivity contribution in [2.75, 3.05) is 0 Å². The van der Waals surface area contributed by atoms with Crippen LogP contribution in [0.1, 0.15) is 18.9 Å². The Labute approximate surface area is 99.9 Å². The highest BCUT2D eigenvalue weighted by Crippen LogP contribution is 2.25. The standard InChI is InChI=1S/C13H14ClNO/c1-9(16)4-6-11-12(14)7-5-10-3-2-8-15-13(10)11/h2-3,5,7-9,16H,4,6H2,1H3. The van der Waals surface area contributed by atoms with Crippen molar-refractivity contribution in [3.8, 4) is 0 Å². The van der Waals surface area contributed by atoms with Gasteiger partial charge in [0.15, 0.2) is 0 Å². The molecule has 16 heavy (non-hydrogen) atoms. The van der Waals surface area contributed by atoms with Crippen molar-refractivity contribution < 1.29 is 5.11 Å². The van der Waals surface area contributed by atoms with Crippen LogP contribution < -0.4 is 0 Å². The Hall–Kier alpha value is -1.12. The van der Waals surface area contributed by atoms with Gasteiger partial charge in [-0.2, -0.15) is 0 Å². The van der Waals surface area contributed by atoms with Gasteiger partial charge >= 0.3 is 0 Å². The molecule has 0 aliphatic rings. The molecule has 1 N–H and O–H groups in total. The summed E-state index contributed by atoms with van der Waals surface area (Å²) in [6, 6.07) is 7.79. The van der Waals surface area contributed by atoms with E-state index < -0.39 is 0 Å². The van der Waals surface area contributed by atoms with Gasteiger partial charge in [-0.3, -0.25) is 4.98 Å². The number of fused-ring (bicyclic) bond motifs is 1. The topological polar surface area (TPSA) is 33.1 Å². The van der Waals surface area contributed by atoms with Gasteiger partial charge in [0.25, 0.3) is 0 Å². The number of aromatic nitrogens is 1. The van der Waals surface area contributed by atoms with Gasteiger partial charge in [0, 0.05) is 16.6 Å². The van der Waals surface area contributed by atoms with Gasteiger partial charge in [0.05, 0.1) is 11.6 Å². The molecule has 0 radical (unpaired) electrons. The van der Waals surface area contributed by atoms with Gasteiger partial charge < -0.3 is 5.11 Å². The van der Waals surface area contributed by atoms with E-state index in [1.54, 1.807) is 13.1 Å². The van der Waals surface area contributed by atoms with Gasteiger partial charge in [0.2, 0.25) is 0 Å². The monoisotopic (exact) mass is 235 g/mol. The molecule has 0 aliphatic heterocycles. The van der Waals surface area contributed by atoms with Crippen LogP contribution in [0.3, 0.4) is 0 Å². The molecule has 1 aromatic carbocycles. The van der Waals surface area contributed by atoms with Crippen LogP contribution in [0.15, 0.2) is 30.5 Å². The Morgan fingerprint density at radius 2 is 2.19 bits per heavy atom. The summed E-state index contributed by atoms with van der Waals surface area (Å²) in [5.41, 5.74) is 1.97. The molecule has 3 heteroatoms. The Balaban J connectivity index is 2.44. The van der Waals surface area contributed by atoms with Crippen LogP contribution >= 0.6 is 11.6 Å². The summed E-state index contributed by atoms with van der Waals surface area (Å²) in [5, 5.41) is 11.1. The fourth-order valence-corrected chi connectivity index (χ4v) is 2.02. The minimum Gasteiger partial charge on any atom is -0.393 e. The van der Waals surface area contributed by atoms with Gasteiger partial charge in [-0.05, 0) is 37.5 Å². The maximum Gasteiger partial charge on any atom is 0.0748 e. The number of halogens is 1. The second-order valence-electron chi connectivity index (χ2n) is 3.99. The molecule has 1 atom stereocenters. The average molecular weight is 236 g/mol. The van der Waals surface area contributed by atoms with Crippen molar-refractivity contribution in [2.24, 2.45) is 0 Å². The van der Waals surface area contributed by atoms with E-state index in [0.717, 1.165) is 27.9 Å². The number of rotatable bonds is 3. The van der Waals surface area contributed by atoms with E-state index in [1.807, 2.05) is 24.3 Å². The number of pyridine rings is 1. The molecule has 0 fully saturated rings. The summed E-state index contributed by atoms with van der Waals surface area (Å²) in [6.45, 7) is 1.78. The van der Waals surface area contributed by atoms with Crippen molar-refractivity contribution in [3.63, 3.8) is 0 Å². The number of aliphatic hydroxyl groups excluding tert-OH is 1. The summed E-state index contributed by atoms with van der Waals surface area (Å²) in [5.74, 6) is 0. The van der Waals surface area contributed by atoms with Crippen molar-refractivity contribution in [2.45, 2.75) is 25.9 Å². The molecule has 1 aromatic heterocycles. The number of aliphatic hydroxyl groups is 1. The highest BCUT2D eigenvalue weighted by atomic mass is 35.5. The highest BCUT2D eigenvalue weighted by molar-refractivity contribution is 6.32. The van der Waals surface area contributed by atoms with E-state index in [1.165, 1.54) is 0 Å². The van der Waals surface area contributed by atoms with Crippen LogP contribution in [0.25, 0.3) is 10.9 Å². The molecule has 0 spiro atoms. The summed E-state index contributed by atoms with van der Waals surface area (Å²) in [4.78, 5) is 4.35. The summed E-state index contributed by atoms with van der Waals surface area (Å²) < 4.78 is 0. The zero-order valence-electron chi connectivity index (χ0n) is 9.15. The Kier molecular flexibility index (Phi) is 3.42. The van der Waals surface area contributed by atoms with Crippen molar-refractivity contribution >= 4 is 22.5 Å². The average Bonchev–Trinajstić information content (AvgIpc) is 2.27. The summed E-state index contributed by atoms with van der Waals surface area (Å²) >= 11 is 6.17. The zero-order valence-corrected chi connectivity index (χ0v) is 9.91. The second kappa shape index (κ2) is 4.81. The molecule has 2 aromatic rings. The maximum absolute atomic E-state index is 9.31. The smallest absolute Gasteiger partial charge is 0.0748 e. The number of benzene rings is 1. The second-order valence-corrected chi connectivity index (χ2v) is 4.40. The molecular formula is C13H14ClNO. The van der Waals surface area contributed by atoms with Crippen molar-refractivity contribution in [3.05, 3.63) is 41.0 Å². The van der Waals surface area contributed by atoms with Gasteiger partial charge in [-0.1, -0.05) is 23.7 Å². The van der Waals surface area contributed by atoms with Crippen LogP contribution in [0, 0.1) is 0 Å². The first-order valence-electron chi connectivity index (χ1n) is 5.38. The minimum atomic E-state index is -0.310. The summed E-state index contributed by atoms with van der Waals surface area (Å²) in [6.07, 6.45) is 2.92. The van der Waals surface area contributed by atoms with E-state index in [2.05, 4.69) is 4.98 Å². The first kappa shape index (κ1) is 11.4. The van der Waals surface area contributed by atoms with Gasteiger partial charge in [0.1, 0.15) is 0 Å². The third-order valence-corrected chi connectivity index (χ3v) is 2.99. The number of aryl methyl sites for hydroxylation is 1. The lowest BCUT2D eigenvalue weighted by molar-refractivity contribution is 0.185. The molecule has 1 unspecified atom stereocenters. The highest BCUT2D eigenvalue weighted by Gasteiger charge is 2.08. The third kappa shape index (κ3) is 2.34. The SMILES string of the molecule is CC(O)CCc1c(Cl)ccc2cccnc12. The maximum atomic E-state index is 9.31. The minimum absolute atomic E-state index is 0.310. The van der Waals surface area contributed by atoms with Gasteiger partial charge in [-0.25, -0.2) is 0 Å². The molecule has 0 amide bonds. The predicted molar refractivity (Wildman–Crippen MR) is 66.8 cm³/mol. The van der Waals surface area contributed by atoms with Crippen molar-refractivity contribution in [1.29, 1.82) is 0 Å². The molecule has 2 nitrogen and oxygen atoms in total. The summed E-state index contributed by atoms with van der Waals surface area (Å²) in [7, 11) is 0. The van der Waals surface area contributed by atoms with Crippen LogP contribution in [0.2, 0.25) is 5.02 Å². The normalized spacial score (nSPS) is 12.9. The molecule has 0 saturated heterocycles. The molecule has 0 aliphatic carbocycles. The molecule has 1 heterocycles. The quantitative estimate of drug-likeness (QED) is 0.886. The fourth-order valence-electron chi connectivity index (χ4n) is 1.77. The lowest BCUT2D eigenvalue weighted by Crippen LogP contribution is -2.02. The van der Waals surface area contributed by atoms with Crippen LogP contribution in [-0.4, -0.2) is 16.2 Å². The van der Waals surface area contributed by atoms with Crippen LogP contribution in [-0.2, 0) is 6.42 Å². The number of hydrogen-bond acceptors (Lipinski definition) is 2. The van der Waals surface area contributed by atoms with E-state index in [4.69, 9.17) is 11.6 Å². The lowest BCUT2D eigenvalue weighted by Gasteiger charge is -2.09. The number of nitrogens with zero attached hydrogens (tertiary/aromatic N) is 1. The molecule has 0 bridgehead atoms. The molecule has 0 saturated carbocycles. The van der Waals surface area contributed by atoms with Crippen LogP contribution in [0.4, 0.5) is 0 Å². The largest absolute Gasteiger partial charge is 0.393 e. The molecule has 2 rings (SSSR count). The van der Waals surface area contributed by atoms with Gasteiger partial charge in [-0.15, -0.1) is 0 Å². The Bertz CT molecular complexity index is 496. The van der Waals surface area contributed by atoms with Crippen LogP contribution in [0.5, 0.6) is 0 Å². The Morgan fingerprint density at radius 3 is 2.94 bits per heavy atom. The molecular weight excluding hydrogens is 222 g/mol. The fraction of sp³-hybridized carbons (Fsp3) is 0.308. The van der Waals surface area contributed by atoms with E-state index >= 15 is 0 Å². The van der Waals surface area contributed by atoms with E-state index in [-0.39, 0.29) is 6.10 Å². The zero-order chi connectivity index (χ0) is 11.5. The van der Waals surface area contributed by atoms with E-state index in [9.17, 15) is 5.11 Å². The number of hydrogen-bond donors (Lipinski definition) is 1. The third-order valence-electron chi connectivity index (χ3n) is 2.63. The Morgan fingerprint density at radius 1 is 1.38 bits per heavy atom. The first-order valence-corrected chi connectivity index (χ1v) is 5.76. The van der Waals surface area contributed by atoms with E-state index in [0.29, 0.717) is 6.42 Å². The first-order chi connectivity index (χ1) is 7.68. The molecule has 84 valence electrons. The lowest BCUT2D eigenvalue weighted by atomic mass is 10.0. The predicted octanol–water partition coefficient (Wildman–Crippen LogP) is 3.20. The van der Waals surface area contributed by atoms with Crippen molar-refractivity contribution in [1.82, 2.24) is 4.98 Å².